The molecule has 2 N–H and O–H groups in total. The number of hydrogen-bond donors (Lipinski definition) is 2. The Bertz CT molecular complexity index is 990. The summed E-state index contributed by atoms with van der Waals surface area (Å²) in [5.74, 6) is 0.980. The van der Waals surface area contributed by atoms with Gasteiger partial charge in [-0.3, -0.25) is 0 Å². The summed E-state index contributed by atoms with van der Waals surface area (Å²) in [6, 6.07) is 13.1. The third kappa shape index (κ3) is 3.45. The van der Waals surface area contributed by atoms with Crippen molar-refractivity contribution in [2.75, 3.05) is 26.1 Å². The minimum Gasteiger partial charge on any atom is -0.504 e. The second kappa shape index (κ2) is 7.40. The largest absolute Gasteiger partial charge is 0.504 e. The summed E-state index contributed by atoms with van der Waals surface area (Å²) in [4.78, 5) is 2.02. The molecule has 26 heavy (non-hydrogen) atoms. The SMILES string of the molecule is COc1cccc(C=Nn2c(-c3ccc(N(C)C)cc3)n[nH]c2=S)c1O. The molecule has 134 valence electrons. The molecule has 0 atom stereocenters. The van der Waals surface area contributed by atoms with E-state index in [1.54, 1.807) is 18.2 Å². The number of para-hydroxylation sites is 1. The first-order valence-electron chi connectivity index (χ1n) is 7.86. The molecule has 3 aromatic rings. The Hall–Kier alpha value is -3.13. The number of hydrogen-bond acceptors (Lipinski definition) is 6. The summed E-state index contributed by atoms with van der Waals surface area (Å²) in [5.41, 5.74) is 2.47. The molecular weight excluding hydrogens is 350 g/mol. The van der Waals surface area contributed by atoms with Crippen LogP contribution in [0, 0.1) is 4.77 Å². The van der Waals surface area contributed by atoms with Crippen LogP contribution in [0.3, 0.4) is 0 Å². The molecule has 3 rings (SSSR count). The summed E-state index contributed by atoms with van der Waals surface area (Å²) < 4.78 is 6.98. The second-order valence-electron chi connectivity index (χ2n) is 5.75. The molecule has 7 nitrogen and oxygen atoms in total. The van der Waals surface area contributed by atoms with Crippen molar-refractivity contribution >= 4 is 24.1 Å². The van der Waals surface area contributed by atoms with Gasteiger partial charge in [0, 0.05) is 30.9 Å². The van der Waals surface area contributed by atoms with Gasteiger partial charge in [0.25, 0.3) is 0 Å². The van der Waals surface area contributed by atoms with E-state index in [4.69, 9.17) is 17.0 Å². The molecule has 0 unspecified atom stereocenters. The number of aromatic hydroxyl groups is 1. The van der Waals surface area contributed by atoms with Gasteiger partial charge >= 0.3 is 0 Å². The van der Waals surface area contributed by atoms with Crippen molar-refractivity contribution in [3.63, 3.8) is 0 Å². The summed E-state index contributed by atoms with van der Waals surface area (Å²) >= 11 is 5.27. The zero-order chi connectivity index (χ0) is 18.7. The lowest BCUT2D eigenvalue weighted by molar-refractivity contribution is 0.373. The van der Waals surface area contributed by atoms with Gasteiger partial charge in [0.1, 0.15) is 0 Å². The van der Waals surface area contributed by atoms with E-state index >= 15 is 0 Å². The number of aromatic nitrogens is 3. The third-order valence-corrected chi connectivity index (χ3v) is 4.12. The standard InChI is InChI=1S/C18H19N5O2S/c1-22(2)14-9-7-12(8-10-14)17-20-21-18(26)23(17)19-11-13-5-4-6-15(25-3)16(13)24/h4-11,24H,1-3H3,(H,21,26). The highest BCUT2D eigenvalue weighted by Crippen LogP contribution is 2.28. The Kier molecular flexibility index (Phi) is 5.04. The second-order valence-corrected chi connectivity index (χ2v) is 6.13. The van der Waals surface area contributed by atoms with Gasteiger partial charge in [0.2, 0.25) is 4.77 Å². The highest BCUT2D eigenvalue weighted by atomic mass is 32.1. The van der Waals surface area contributed by atoms with Crippen molar-refractivity contribution < 1.29 is 9.84 Å². The molecule has 0 radical (unpaired) electrons. The van der Waals surface area contributed by atoms with Crippen LogP contribution in [0.1, 0.15) is 5.56 Å². The number of H-pyrrole nitrogens is 1. The molecule has 0 aliphatic carbocycles. The summed E-state index contributed by atoms with van der Waals surface area (Å²) in [7, 11) is 5.46. The van der Waals surface area contributed by atoms with Crippen molar-refractivity contribution in [1.29, 1.82) is 0 Å². The van der Waals surface area contributed by atoms with Crippen LogP contribution in [0.4, 0.5) is 5.69 Å². The number of phenolic OH excluding ortho intramolecular Hbond substituents is 1. The Balaban J connectivity index is 1.97. The van der Waals surface area contributed by atoms with E-state index in [0.717, 1.165) is 11.3 Å². The van der Waals surface area contributed by atoms with E-state index in [-0.39, 0.29) is 5.75 Å². The van der Waals surface area contributed by atoms with Crippen molar-refractivity contribution in [2.24, 2.45) is 5.10 Å². The van der Waals surface area contributed by atoms with Gasteiger partial charge in [-0.05, 0) is 48.6 Å². The average Bonchev–Trinajstić information content (AvgIpc) is 3.01. The van der Waals surface area contributed by atoms with Crippen LogP contribution >= 0.6 is 12.2 Å². The van der Waals surface area contributed by atoms with E-state index in [9.17, 15) is 5.11 Å². The topological polar surface area (TPSA) is 78.7 Å². The molecule has 0 aliphatic heterocycles. The molecule has 0 saturated carbocycles. The van der Waals surface area contributed by atoms with Crippen LogP contribution in [0.2, 0.25) is 0 Å². The number of nitrogens with one attached hydrogen (secondary N) is 1. The van der Waals surface area contributed by atoms with Gasteiger partial charge in [-0.1, -0.05) is 6.07 Å². The van der Waals surface area contributed by atoms with Crippen LogP contribution in [0.5, 0.6) is 11.5 Å². The molecule has 0 spiro atoms. The quantitative estimate of drug-likeness (QED) is 0.533. The van der Waals surface area contributed by atoms with Gasteiger partial charge in [-0.15, -0.1) is 0 Å². The Morgan fingerprint density at radius 1 is 1.23 bits per heavy atom. The monoisotopic (exact) mass is 369 g/mol. The molecule has 1 aromatic heterocycles. The zero-order valence-electron chi connectivity index (χ0n) is 14.7. The Labute approximate surface area is 156 Å². The van der Waals surface area contributed by atoms with E-state index < -0.39 is 0 Å². The Morgan fingerprint density at radius 2 is 1.96 bits per heavy atom. The highest BCUT2D eigenvalue weighted by molar-refractivity contribution is 7.71. The molecule has 0 fully saturated rings. The van der Waals surface area contributed by atoms with E-state index in [1.165, 1.54) is 18.0 Å². The predicted octanol–water partition coefficient (Wildman–Crippen LogP) is 3.27. The summed E-state index contributed by atoms with van der Waals surface area (Å²) in [5, 5.41) is 21.6. The van der Waals surface area contributed by atoms with Crippen LogP contribution in [0.25, 0.3) is 11.4 Å². The fourth-order valence-corrected chi connectivity index (χ4v) is 2.60. The first-order valence-corrected chi connectivity index (χ1v) is 8.27. The maximum Gasteiger partial charge on any atom is 0.216 e. The average molecular weight is 369 g/mol. The molecule has 0 saturated heterocycles. The lowest BCUT2D eigenvalue weighted by Crippen LogP contribution is -2.08. The zero-order valence-corrected chi connectivity index (χ0v) is 15.5. The molecule has 0 amide bonds. The number of rotatable bonds is 5. The molecular formula is C18H19N5O2S. The fourth-order valence-electron chi connectivity index (χ4n) is 2.42. The number of methoxy groups -OCH3 is 1. The van der Waals surface area contributed by atoms with Crippen molar-refractivity contribution in [1.82, 2.24) is 14.9 Å². The lowest BCUT2D eigenvalue weighted by atomic mass is 10.2. The third-order valence-electron chi connectivity index (χ3n) is 3.85. The molecule has 0 aliphatic rings. The maximum absolute atomic E-state index is 10.2. The van der Waals surface area contributed by atoms with Crippen LogP contribution in [0.15, 0.2) is 47.6 Å². The van der Waals surface area contributed by atoms with Gasteiger partial charge in [0.05, 0.1) is 13.3 Å². The molecule has 8 heteroatoms. The minimum absolute atomic E-state index is 0.0191. The van der Waals surface area contributed by atoms with Crippen LogP contribution in [-0.4, -0.2) is 47.4 Å². The van der Waals surface area contributed by atoms with E-state index in [0.29, 0.717) is 21.9 Å². The molecule has 1 heterocycles. The Morgan fingerprint density at radius 3 is 2.62 bits per heavy atom. The van der Waals surface area contributed by atoms with E-state index in [2.05, 4.69) is 15.3 Å². The van der Waals surface area contributed by atoms with Gasteiger partial charge in [0.15, 0.2) is 17.3 Å². The normalized spacial score (nSPS) is 11.0. The lowest BCUT2D eigenvalue weighted by Gasteiger charge is -2.12. The predicted molar refractivity (Wildman–Crippen MR) is 105 cm³/mol. The number of phenols is 1. The van der Waals surface area contributed by atoms with Gasteiger partial charge < -0.3 is 14.7 Å². The number of anilines is 1. The smallest absolute Gasteiger partial charge is 0.216 e. The highest BCUT2D eigenvalue weighted by Gasteiger charge is 2.10. The fraction of sp³-hybridized carbons (Fsp3) is 0.167. The summed E-state index contributed by atoms with van der Waals surface area (Å²) in [6.07, 6.45) is 1.51. The van der Waals surface area contributed by atoms with Crippen molar-refractivity contribution in [3.05, 3.63) is 52.8 Å². The summed E-state index contributed by atoms with van der Waals surface area (Å²) in [6.45, 7) is 0. The number of aromatic amines is 1. The molecule has 0 bridgehead atoms. The first-order chi connectivity index (χ1) is 12.5. The van der Waals surface area contributed by atoms with Gasteiger partial charge in [-0.2, -0.15) is 14.9 Å². The maximum atomic E-state index is 10.2. The minimum atomic E-state index is 0.0191. The number of benzene rings is 2. The molecule has 2 aromatic carbocycles. The van der Waals surface area contributed by atoms with Crippen LogP contribution < -0.4 is 9.64 Å². The van der Waals surface area contributed by atoms with Crippen LogP contribution in [-0.2, 0) is 0 Å². The first kappa shape index (κ1) is 17.7. The van der Waals surface area contributed by atoms with Crippen molar-refractivity contribution in [3.8, 4) is 22.9 Å². The number of ether oxygens (including phenoxy) is 1. The van der Waals surface area contributed by atoms with Gasteiger partial charge in [-0.25, -0.2) is 5.10 Å². The van der Waals surface area contributed by atoms with E-state index in [1.807, 2.05) is 43.3 Å². The number of nitrogens with zero attached hydrogens (tertiary/aromatic N) is 4. The van der Waals surface area contributed by atoms with Crippen molar-refractivity contribution in [2.45, 2.75) is 0 Å².